The van der Waals surface area contributed by atoms with Gasteiger partial charge in [-0.05, 0) is 12.8 Å². The van der Waals surface area contributed by atoms with E-state index in [1.165, 1.54) is 0 Å². The third-order valence-electron chi connectivity index (χ3n) is 3.43. The first-order valence-corrected chi connectivity index (χ1v) is 6.42. The van der Waals surface area contributed by atoms with Crippen LogP contribution in [0.4, 0.5) is 4.79 Å². The Hall–Kier alpha value is -1.30. The molecule has 3 amide bonds. The lowest BCUT2D eigenvalue weighted by atomic mass is 9.97. The minimum Gasteiger partial charge on any atom is -0.377 e. The fourth-order valence-electron chi connectivity index (χ4n) is 2.29. The first-order chi connectivity index (χ1) is 8.58. The molecule has 2 aliphatic heterocycles. The monoisotopic (exact) mass is 255 g/mol. The molecule has 0 aromatic heterocycles. The van der Waals surface area contributed by atoms with Crippen LogP contribution in [0.15, 0.2) is 0 Å². The highest BCUT2D eigenvalue weighted by Gasteiger charge is 2.31. The molecule has 0 aliphatic carbocycles. The van der Waals surface area contributed by atoms with Crippen LogP contribution in [0.3, 0.4) is 0 Å². The number of rotatable bonds is 2. The minimum absolute atomic E-state index is 0.0144. The molecular weight excluding hydrogens is 234 g/mol. The van der Waals surface area contributed by atoms with Gasteiger partial charge in [0.05, 0.1) is 25.2 Å². The van der Waals surface area contributed by atoms with Crippen LogP contribution in [-0.4, -0.2) is 68.2 Å². The summed E-state index contributed by atoms with van der Waals surface area (Å²) >= 11 is 0. The molecule has 0 aromatic rings. The van der Waals surface area contributed by atoms with Crippen LogP contribution in [0.25, 0.3) is 0 Å². The number of nitrogens with one attached hydrogen (secondary N) is 1. The first-order valence-electron chi connectivity index (χ1n) is 6.42. The van der Waals surface area contributed by atoms with Crippen LogP contribution in [0.1, 0.15) is 12.8 Å². The van der Waals surface area contributed by atoms with Gasteiger partial charge in [-0.2, -0.15) is 0 Å². The summed E-state index contributed by atoms with van der Waals surface area (Å²) in [4.78, 5) is 27.2. The lowest BCUT2D eigenvalue weighted by molar-refractivity contribution is -0.130. The Morgan fingerprint density at radius 2 is 2.06 bits per heavy atom. The number of ether oxygens (including phenoxy) is 1. The number of carbonyl (C=O) groups is 2. The number of carbonyl (C=O) groups excluding carboxylic acids is 2. The number of nitrogens with zero attached hydrogens (tertiary/aromatic N) is 2. The second-order valence-corrected chi connectivity index (χ2v) is 5.21. The van der Waals surface area contributed by atoms with Gasteiger partial charge in [-0.3, -0.25) is 4.79 Å². The minimum atomic E-state index is -0.0803. The predicted molar refractivity (Wildman–Crippen MR) is 66.1 cm³/mol. The summed E-state index contributed by atoms with van der Waals surface area (Å²) in [5.41, 5.74) is 0. The van der Waals surface area contributed by atoms with Crippen LogP contribution >= 0.6 is 0 Å². The number of piperidine rings is 1. The molecule has 0 radical (unpaired) electrons. The highest BCUT2D eigenvalue weighted by Crippen LogP contribution is 2.18. The van der Waals surface area contributed by atoms with E-state index in [0.717, 1.165) is 19.4 Å². The van der Waals surface area contributed by atoms with Gasteiger partial charge in [0.25, 0.3) is 0 Å². The first kappa shape index (κ1) is 13.1. The summed E-state index contributed by atoms with van der Waals surface area (Å²) in [7, 11) is 3.47. The molecule has 2 fully saturated rings. The average molecular weight is 255 g/mol. The Morgan fingerprint density at radius 3 is 2.61 bits per heavy atom. The van der Waals surface area contributed by atoms with E-state index in [-0.39, 0.29) is 23.9 Å². The summed E-state index contributed by atoms with van der Waals surface area (Å²) in [5.74, 6) is -0.0252. The molecule has 6 nitrogen and oxygen atoms in total. The molecule has 18 heavy (non-hydrogen) atoms. The van der Waals surface area contributed by atoms with Crippen molar-refractivity contribution in [1.82, 2.24) is 15.1 Å². The van der Waals surface area contributed by atoms with Crippen molar-refractivity contribution in [2.45, 2.75) is 18.9 Å². The number of urea groups is 1. The lowest BCUT2D eigenvalue weighted by Crippen LogP contribution is -2.54. The highest BCUT2D eigenvalue weighted by molar-refractivity contribution is 5.81. The summed E-state index contributed by atoms with van der Waals surface area (Å²) in [6.45, 7) is 2.49. The Morgan fingerprint density at radius 1 is 1.33 bits per heavy atom. The topological polar surface area (TPSA) is 61.9 Å². The molecule has 0 saturated carbocycles. The van der Waals surface area contributed by atoms with Crippen LogP contribution in [0.2, 0.25) is 0 Å². The van der Waals surface area contributed by atoms with E-state index in [4.69, 9.17) is 4.74 Å². The molecule has 2 saturated heterocycles. The van der Waals surface area contributed by atoms with Gasteiger partial charge in [-0.15, -0.1) is 0 Å². The fraction of sp³-hybridized carbons (Fsp3) is 0.833. The third kappa shape index (κ3) is 2.93. The van der Waals surface area contributed by atoms with Crippen molar-refractivity contribution in [2.75, 3.05) is 40.4 Å². The van der Waals surface area contributed by atoms with Crippen LogP contribution in [-0.2, 0) is 9.53 Å². The third-order valence-corrected chi connectivity index (χ3v) is 3.43. The van der Waals surface area contributed by atoms with E-state index in [1.54, 1.807) is 23.9 Å². The zero-order valence-corrected chi connectivity index (χ0v) is 11.0. The van der Waals surface area contributed by atoms with E-state index < -0.39 is 0 Å². The molecule has 0 bridgehead atoms. The van der Waals surface area contributed by atoms with Crippen LogP contribution in [0.5, 0.6) is 0 Å². The van der Waals surface area contributed by atoms with Gasteiger partial charge in [0, 0.05) is 27.2 Å². The highest BCUT2D eigenvalue weighted by atomic mass is 16.5. The van der Waals surface area contributed by atoms with Crippen molar-refractivity contribution >= 4 is 11.9 Å². The van der Waals surface area contributed by atoms with E-state index in [2.05, 4.69) is 5.32 Å². The Bertz CT molecular complexity index is 329. The summed E-state index contributed by atoms with van der Waals surface area (Å²) in [5, 5.41) is 2.96. The van der Waals surface area contributed by atoms with Gasteiger partial charge in [0.1, 0.15) is 0 Å². The van der Waals surface area contributed by atoms with Crippen molar-refractivity contribution in [3.8, 4) is 0 Å². The standard InChI is InChI=1S/C12H21N3O3/c1-14(2)12(17)15-5-3-4-9(6-15)11(16)13-10-7-18-8-10/h9-10H,3-8H2,1-2H3,(H,13,16). The molecule has 1 atom stereocenters. The number of likely N-dealkylation sites (tertiary alicyclic amines) is 1. The number of hydrogen-bond acceptors (Lipinski definition) is 3. The normalized spacial score (nSPS) is 24.3. The molecule has 2 rings (SSSR count). The van der Waals surface area contributed by atoms with E-state index in [1.807, 2.05) is 0 Å². The number of hydrogen-bond donors (Lipinski definition) is 1. The summed E-state index contributed by atoms with van der Waals surface area (Å²) in [6.07, 6.45) is 1.75. The molecule has 0 spiro atoms. The van der Waals surface area contributed by atoms with Crippen LogP contribution < -0.4 is 5.32 Å². The molecule has 102 valence electrons. The molecular formula is C12H21N3O3. The maximum absolute atomic E-state index is 12.0. The molecule has 2 heterocycles. The second-order valence-electron chi connectivity index (χ2n) is 5.21. The largest absolute Gasteiger partial charge is 0.377 e. The van der Waals surface area contributed by atoms with Gasteiger partial charge in [0.15, 0.2) is 0 Å². The molecule has 0 aromatic carbocycles. The van der Waals surface area contributed by atoms with Gasteiger partial charge in [-0.1, -0.05) is 0 Å². The quantitative estimate of drug-likeness (QED) is 0.749. The fourth-order valence-corrected chi connectivity index (χ4v) is 2.29. The summed E-state index contributed by atoms with van der Waals surface area (Å²) < 4.78 is 5.03. The molecule has 1 unspecified atom stereocenters. The van der Waals surface area contributed by atoms with Crippen molar-refractivity contribution in [3.05, 3.63) is 0 Å². The molecule has 6 heteroatoms. The zero-order valence-electron chi connectivity index (χ0n) is 11.0. The van der Waals surface area contributed by atoms with Crippen molar-refractivity contribution < 1.29 is 14.3 Å². The van der Waals surface area contributed by atoms with E-state index in [0.29, 0.717) is 19.8 Å². The maximum Gasteiger partial charge on any atom is 0.319 e. The summed E-state index contributed by atoms with van der Waals surface area (Å²) in [6, 6.07) is 0.150. The van der Waals surface area contributed by atoms with Gasteiger partial charge >= 0.3 is 6.03 Å². The predicted octanol–water partition coefficient (Wildman–Crippen LogP) is -0.105. The van der Waals surface area contributed by atoms with Gasteiger partial charge in [-0.25, -0.2) is 4.79 Å². The van der Waals surface area contributed by atoms with Crippen molar-refractivity contribution in [1.29, 1.82) is 0 Å². The SMILES string of the molecule is CN(C)C(=O)N1CCCC(C(=O)NC2COC2)C1. The van der Waals surface area contributed by atoms with E-state index in [9.17, 15) is 9.59 Å². The lowest BCUT2D eigenvalue weighted by Gasteiger charge is -2.35. The zero-order chi connectivity index (χ0) is 13.1. The maximum atomic E-state index is 12.0. The van der Waals surface area contributed by atoms with Gasteiger partial charge in [0.2, 0.25) is 5.91 Å². The Kier molecular flexibility index (Phi) is 4.06. The van der Waals surface area contributed by atoms with Gasteiger partial charge < -0.3 is 19.9 Å². The Labute approximate surface area is 107 Å². The van der Waals surface area contributed by atoms with Crippen molar-refractivity contribution in [2.24, 2.45) is 5.92 Å². The molecule has 1 N–H and O–H groups in total. The van der Waals surface area contributed by atoms with E-state index >= 15 is 0 Å². The molecule has 2 aliphatic rings. The smallest absolute Gasteiger partial charge is 0.319 e. The Balaban J connectivity index is 1.85. The second kappa shape index (κ2) is 5.56. The average Bonchev–Trinajstić information content (AvgIpc) is 2.32. The van der Waals surface area contributed by atoms with Crippen molar-refractivity contribution in [3.63, 3.8) is 0 Å². The number of amides is 3. The van der Waals surface area contributed by atoms with Crippen LogP contribution in [0, 0.1) is 5.92 Å².